The fraction of sp³-hybridized carbons (Fsp3) is 0.519. The van der Waals surface area contributed by atoms with Crippen LogP contribution in [-0.2, 0) is 11.4 Å². The van der Waals surface area contributed by atoms with E-state index in [4.69, 9.17) is 4.74 Å². The van der Waals surface area contributed by atoms with Crippen molar-refractivity contribution in [2.75, 3.05) is 13.6 Å². The molecule has 0 amide bonds. The number of rotatable bonds is 10. The zero-order valence-electron chi connectivity index (χ0n) is 20.3. The molecule has 2 rings (SSSR count). The molecule has 4 heteroatoms. The first-order valence-electron chi connectivity index (χ1n) is 11.4. The van der Waals surface area contributed by atoms with Crippen molar-refractivity contribution in [3.05, 3.63) is 65.2 Å². The largest absolute Gasteiger partial charge is 0.426 e. The van der Waals surface area contributed by atoms with Crippen molar-refractivity contribution in [1.82, 2.24) is 0 Å². The number of carbonyl (C=O) groups excluding carboxylic acids is 1. The normalized spacial score (nSPS) is 13.1. The molecule has 0 aliphatic heterocycles. The van der Waals surface area contributed by atoms with Crippen LogP contribution >= 0.6 is 0 Å². The zero-order chi connectivity index (χ0) is 23.2. The Morgan fingerprint density at radius 2 is 1.58 bits per heavy atom. The van der Waals surface area contributed by atoms with E-state index in [1.54, 1.807) is 0 Å². The number of quaternary nitrogens is 1. The van der Waals surface area contributed by atoms with Crippen LogP contribution in [0.4, 0.5) is 0 Å². The van der Waals surface area contributed by atoms with Crippen molar-refractivity contribution < 1.29 is 19.1 Å². The van der Waals surface area contributed by atoms with Gasteiger partial charge in [0, 0.05) is 17.9 Å². The average molecular weight is 427 g/mol. The Balaban J connectivity index is 2.53. The first kappa shape index (κ1) is 25.1. The Kier molecular flexibility index (Phi) is 8.84. The Labute approximate surface area is 188 Å². The predicted molar refractivity (Wildman–Crippen MR) is 127 cm³/mol. The van der Waals surface area contributed by atoms with Crippen LogP contribution in [0.2, 0.25) is 0 Å². The van der Waals surface area contributed by atoms with Crippen LogP contribution < -0.4 is 4.74 Å². The first-order chi connectivity index (χ1) is 14.6. The van der Waals surface area contributed by atoms with Crippen molar-refractivity contribution in [3.8, 4) is 5.75 Å². The Morgan fingerprint density at radius 3 is 2.10 bits per heavy atom. The highest BCUT2D eigenvalue weighted by Gasteiger charge is 2.32. The number of ether oxygens (including phenoxy) is 1. The minimum absolute atomic E-state index is 0.0430. The van der Waals surface area contributed by atoms with Crippen LogP contribution in [0.5, 0.6) is 5.75 Å². The first-order valence-corrected chi connectivity index (χ1v) is 11.4. The van der Waals surface area contributed by atoms with E-state index in [1.807, 2.05) is 38.1 Å². The second kappa shape index (κ2) is 10.9. The summed E-state index contributed by atoms with van der Waals surface area (Å²) in [5.41, 5.74) is 2.98. The average Bonchev–Trinajstić information content (AvgIpc) is 2.74. The third kappa shape index (κ3) is 6.18. The molecule has 0 aliphatic rings. The van der Waals surface area contributed by atoms with Crippen molar-refractivity contribution in [1.29, 1.82) is 0 Å². The SMILES string of the molecule is CC(C)C(=O)Oc1ccc(CO)cc1[C@H](CC[N+](C)(C(C)C)C(C)C)c1ccccc1. The van der Waals surface area contributed by atoms with Gasteiger partial charge in [-0.1, -0.05) is 50.2 Å². The third-order valence-corrected chi connectivity index (χ3v) is 6.78. The number of aliphatic hydroxyl groups is 1. The molecule has 0 heterocycles. The van der Waals surface area contributed by atoms with Gasteiger partial charge in [-0.2, -0.15) is 0 Å². The van der Waals surface area contributed by atoms with Crippen molar-refractivity contribution in [3.63, 3.8) is 0 Å². The predicted octanol–water partition coefficient (Wildman–Crippen LogP) is 5.53. The van der Waals surface area contributed by atoms with E-state index < -0.39 is 0 Å². The lowest BCUT2D eigenvalue weighted by molar-refractivity contribution is -0.949. The number of esters is 1. The van der Waals surface area contributed by atoms with Gasteiger partial charge in [-0.25, -0.2) is 0 Å². The highest BCUT2D eigenvalue weighted by atomic mass is 16.5. The summed E-state index contributed by atoms with van der Waals surface area (Å²) in [6.45, 7) is 13.7. The van der Waals surface area contributed by atoms with Crippen LogP contribution in [0.1, 0.15) is 70.6 Å². The molecule has 0 unspecified atom stereocenters. The fourth-order valence-corrected chi connectivity index (χ4v) is 3.99. The second-order valence-electron chi connectivity index (χ2n) is 9.62. The Morgan fingerprint density at radius 1 is 0.968 bits per heavy atom. The molecule has 0 saturated heterocycles. The third-order valence-electron chi connectivity index (χ3n) is 6.78. The maximum atomic E-state index is 12.4. The summed E-state index contributed by atoms with van der Waals surface area (Å²) in [6.07, 6.45) is 0.915. The lowest BCUT2D eigenvalue weighted by atomic mass is 9.86. The molecule has 1 atom stereocenters. The van der Waals surface area contributed by atoms with E-state index in [-0.39, 0.29) is 24.4 Å². The van der Waals surface area contributed by atoms with Crippen LogP contribution in [0.25, 0.3) is 0 Å². The molecular weight excluding hydrogens is 386 g/mol. The van der Waals surface area contributed by atoms with Gasteiger partial charge >= 0.3 is 5.97 Å². The molecule has 31 heavy (non-hydrogen) atoms. The Bertz CT molecular complexity index is 835. The summed E-state index contributed by atoms with van der Waals surface area (Å²) in [4.78, 5) is 12.4. The van der Waals surface area contributed by atoms with Gasteiger partial charge in [0.05, 0.1) is 38.2 Å². The van der Waals surface area contributed by atoms with E-state index in [2.05, 4.69) is 59.0 Å². The van der Waals surface area contributed by atoms with Gasteiger partial charge in [0.15, 0.2) is 0 Å². The summed E-state index contributed by atoms with van der Waals surface area (Å²) in [5, 5.41) is 9.77. The maximum absolute atomic E-state index is 12.4. The molecule has 0 bridgehead atoms. The number of benzene rings is 2. The number of hydrogen-bond acceptors (Lipinski definition) is 3. The van der Waals surface area contributed by atoms with Crippen LogP contribution in [0, 0.1) is 5.92 Å². The molecule has 0 saturated carbocycles. The number of carbonyl (C=O) groups is 1. The van der Waals surface area contributed by atoms with Crippen molar-refractivity contribution in [2.24, 2.45) is 5.92 Å². The highest BCUT2D eigenvalue weighted by Crippen LogP contribution is 2.37. The number of aliphatic hydroxyl groups excluding tert-OH is 1. The van der Waals surface area contributed by atoms with Crippen LogP contribution in [0.3, 0.4) is 0 Å². The highest BCUT2D eigenvalue weighted by molar-refractivity contribution is 5.75. The van der Waals surface area contributed by atoms with E-state index >= 15 is 0 Å². The van der Waals surface area contributed by atoms with Crippen LogP contribution in [-0.4, -0.2) is 41.2 Å². The smallest absolute Gasteiger partial charge is 0.313 e. The van der Waals surface area contributed by atoms with E-state index in [1.165, 1.54) is 5.56 Å². The minimum Gasteiger partial charge on any atom is -0.426 e. The molecule has 1 N–H and O–H groups in total. The second-order valence-corrected chi connectivity index (χ2v) is 9.62. The molecule has 170 valence electrons. The van der Waals surface area contributed by atoms with E-state index in [0.29, 0.717) is 17.8 Å². The van der Waals surface area contributed by atoms with Crippen molar-refractivity contribution in [2.45, 2.75) is 72.6 Å². The van der Waals surface area contributed by atoms with Gasteiger partial charge in [-0.15, -0.1) is 0 Å². The monoisotopic (exact) mass is 426 g/mol. The standard InChI is InChI=1S/C27H40NO3/c1-19(2)27(30)31-26-14-13-22(18-29)17-25(26)24(23-11-9-8-10-12-23)15-16-28(7,20(3)4)21(5)6/h8-14,17,19-21,24,29H,15-16,18H2,1-7H3/q+1/t24-/m1/s1. The van der Waals surface area contributed by atoms with Gasteiger partial charge in [0.25, 0.3) is 0 Å². The van der Waals surface area contributed by atoms with E-state index in [0.717, 1.165) is 28.6 Å². The van der Waals surface area contributed by atoms with Gasteiger partial charge < -0.3 is 14.3 Å². The topological polar surface area (TPSA) is 46.5 Å². The molecule has 0 aliphatic carbocycles. The molecule has 0 aromatic heterocycles. The molecular formula is C27H40NO3+. The van der Waals surface area contributed by atoms with Crippen LogP contribution in [0.15, 0.2) is 48.5 Å². The molecule has 2 aromatic rings. The minimum atomic E-state index is -0.241. The van der Waals surface area contributed by atoms with E-state index in [9.17, 15) is 9.90 Å². The summed E-state index contributed by atoms with van der Waals surface area (Å²) in [5.74, 6) is 0.211. The molecule has 0 radical (unpaired) electrons. The van der Waals surface area contributed by atoms with Gasteiger partial charge in [0.1, 0.15) is 5.75 Å². The lowest BCUT2D eigenvalue weighted by Crippen LogP contribution is -2.55. The number of nitrogens with zero attached hydrogens (tertiary/aromatic N) is 1. The van der Waals surface area contributed by atoms with Gasteiger partial charge in [-0.05, 0) is 51.0 Å². The quantitative estimate of drug-likeness (QED) is 0.309. The molecule has 4 nitrogen and oxygen atoms in total. The zero-order valence-corrected chi connectivity index (χ0v) is 20.3. The molecule has 0 spiro atoms. The van der Waals surface area contributed by atoms with Crippen molar-refractivity contribution >= 4 is 5.97 Å². The summed E-state index contributed by atoms with van der Waals surface area (Å²) in [6, 6.07) is 17.1. The molecule has 2 aromatic carbocycles. The Hall–Kier alpha value is -2.17. The lowest BCUT2D eigenvalue weighted by Gasteiger charge is -2.43. The summed E-state index contributed by atoms with van der Waals surface area (Å²) >= 11 is 0. The summed E-state index contributed by atoms with van der Waals surface area (Å²) < 4.78 is 6.77. The summed E-state index contributed by atoms with van der Waals surface area (Å²) in [7, 11) is 2.32. The van der Waals surface area contributed by atoms with Gasteiger partial charge in [-0.3, -0.25) is 4.79 Å². The molecule has 0 fully saturated rings. The maximum Gasteiger partial charge on any atom is 0.313 e. The van der Waals surface area contributed by atoms with Gasteiger partial charge in [0.2, 0.25) is 0 Å². The number of hydrogen-bond donors (Lipinski definition) is 1. The fourth-order valence-electron chi connectivity index (χ4n) is 3.99.